The van der Waals surface area contributed by atoms with Crippen LogP contribution in [0.5, 0.6) is 0 Å². The second kappa shape index (κ2) is 8.15. The highest BCUT2D eigenvalue weighted by Gasteiger charge is 2.13. The van der Waals surface area contributed by atoms with Gasteiger partial charge in [-0.2, -0.15) is 0 Å². The average molecular weight is 372 g/mol. The zero-order chi connectivity index (χ0) is 19.3. The minimum atomic E-state index is -0.144. The molecule has 1 aliphatic rings. The summed E-state index contributed by atoms with van der Waals surface area (Å²) in [6.07, 6.45) is 0. The Bertz CT molecular complexity index is 948. The summed E-state index contributed by atoms with van der Waals surface area (Å²) >= 11 is 0. The Hall–Kier alpha value is -3.31. The fraction of sp³-hybridized carbons (Fsp3) is 0.174. The van der Waals surface area contributed by atoms with Crippen molar-refractivity contribution in [2.75, 3.05) is 42.1 Å². The molecule has 1 heterocycles. The van der Waals surface area contributed by atoms with E-state index in [0.29, 0.717) is 16.9 Å². The van der Waals surface area contributed by atoms with Gasteiger partial charge in [0, 0.05) is 48.7 Å². The number of rotatable bonds is 4. The number of nitrogens with two attached hydrogens (primary N) is 1. The van der Waals surface area contributed by atoms with E-state index in [-0.39, 0.29) is 5.91 Å². The first kappa shape index (κ1) is 18.1. The Morgan fingerprint density at radius 2 is 1.64 bits per heavy atom. The van der Waals surface area contributed by atoms with Crippen molar-refractivity contribution in [2.24, 2.45) is 0 Å². The van der Waals surface area contributed by atoms with Gasteiger partial charge in [-0.05, 0) is 42.0 Å². The van der Waals surface area contributed by atoms with Gasteiger partial charge in [0.15, 0.2) is 0 Å². The standard InChI is InChI=1S/C23H24N4O/c24-19-8-11-21(17-4-2-1-3-5-17)22(16-19)26-23(28)18-6-9-20(10-7-18)27-14-12-25-13-15-27/h1-11,16,25H,12-15,24H2,(H,26,28). The van der Waals surface area contributed by atoms with E-state index in [4.69, 9.17) is 5.73 Å². The number of amides is 1. The molecule has 0 saturated carbocycles. The molecule has 1 saturated heterocycles. The van der Waals surface area contributed by atoms with Crippen molar-refractivity contribution >= 4 is 23.0 Å². The van der Waals surface area contributed by atoms with E-state index in [0.717, 1.165) is 43.0 Å². The van der Waals surface area contributed by atoms with Crippen molar-refractivity contribution < 1.29 is 4.79 Å². The number of nitrogen functional groups attached to an aromatic ring is 1. The molecule has 5 heteroatoms. The lowest BCUT2D eigenvalue weighted by Gasteiger charge is -2.29. The Balaban J connectivity index is 1.54. The fourth-order valence-electron chi connectivity index (χ4n) is 3.48. The molecule has 0 unspecified atom stereocenters. The summed E-state index contributed by atoms with van der Waals surface area (Å²) in [5.41, 5.74) is 11.0. The number of carbonyl (C=O) groups excluding carboxylic acids is 1. The quantitative estimate of drug-likeness (QED) is 0.612. The molecule has 142 valence electrons. The van der Waals surface area contributed by atoms with Gasteiger partial charge in [0.25, 0.3) is 5.91 Å². The van der Waals surface area contributed by atoms with Gasteiger partial charge in [-0.25, -0.2) is 0 Å². The number of piperazine rings is 1. The highest BCUT2D eigenvalue weighted by molar-refractivity contribution is 6.06. The van der Waals surface area contributed by atoms with Crippen molar-refractivity contribution in [2.45, 2.75) is 0 Å². The van der Waals surface area contributed by atoms with Gasteiger partial charge < -0.3 is 21.3 Å². The van der Waals surface area contributed by atoms with E-state index < -0.39 is 0 Å². The summed E-state index contributed by atoms with van der Waals surface area (Å²) in [4.78, 5) is 15.1. The van der Waals surface area contributed by atoms with E-state index in [9.17, 15) is 4.79 Å². The molecule has 0 bridgehead atoms. The molecular formula is C23H24N4O. The minimum Gasteiger partial charge on any atom is -0.399 e. The lowest BCUT2D eigenvalue weighted by molar-refractivity contribution is 0.102. The van der Waals surface area contributed by atoms with Crippen LogP contribution in [0.4, 0.5) is 17.1 Å². The Morgan fingerprint density at radius 1 is 0.929 bits per heavy atom. The zero-order valence-corrected chi connectivity index (χ0v) is 15.7. The first-order valence-electron chi connectivity index (χ1n) is 9.53. The van der Waals surface area contributed by atoms with Crippen LogP contribution in [0.2, 0.25) is 0 Å². The van der Waals surface area contributed by atoms with Crippen LogP contribution in [-0.4, -0.2) is 32.1 Å². The lowest BCUT2D eigenvalue weighted by atomic mass is 10.0. The van der Waals surface area contributed by atoms with Crippen LogP contribution < -0.4 is 21.3 Å². The summed E-state index contributed by atoms with van der Waals surface area (Å²) in [5, 5.41) is 6.37. The number of anilines is 3. The number of nitrogens with one attached hydrogen (secondary N) is 2. The van der Waals surface area contributed by atoms with E-state index >= 15 is 0 Å². The molecule has 0 spiro atoms. The molecule has 5 nitrogen and oxygen atoms in total. The molecule has 0 aromatic heterocycles. The minimum absolute atomic E-state index is 0.144. The van der Waals surface area contributed by atoms with Crippen molar-refractivity contribution in [3.63, 3.8) is 0 Å². The molecule has 0 aliphatic carbocycles. The van der Waals surface area contributed by atoms with Gasteiger partial charge in [-0.3, -0.25) is 4.79 Å². The van der Waals surface area contributed by atoms with Gasteiger partial charge in [0.1, 0.15) is 0 Å². The van der Waals surface area contributed by atoms with E-state index in [1.165, 1.54) is 0 Å². The van der Waals surface area contributed by atoms with Gasteiger partial charge in [0.05, 0.1) is 5.69 Å². The van der Waals surface area contributed by atoms with Crippen LogP contribution >= 0.6 is 0 Å². The number of nitrogens with zero attached hydrogens (tertiary/aromatic N) is 1. The van der Waals surface area contributed by atoms with Crippen LogP contribution in [-0.2, 0) is 0 Å². The maximum absolute atomic E-state index is 12.8. The molecule has 4 N–H and O–H groups in total. The second-order valence-electron chi connectivity index (χ2n) is 6.91. The van der Waals surface area contributed by atoms with Crippen molar-refractivity contribution in [1.82, 2.24) is 5.32 Å². The Kier molecular flexibility index (Phi) is 5.26. The Morgan fingerprint density at radius 3 is 2.36 bits per heavy atom. The molecule has 0 atom stereocenters. The first-order valence-corrected chi connectivity index (χ1v) is 9.53. The molecule has 4 rings (SSSR count). The summed E-state index contributed by atoms with van der Waals surface area (Å²) in [6, 6.07) is 23.3. The van der Waals surface area contributed by atoms with Crippen molar-refractivity contribution in [3.05, 3.63) is 78.4 Å². The highest BCUT2D eigenvalue weighted by atomic mass is 16.1. The largest absolute Gasteiger partial charge is 0.399 e. The second-order valence-corrected chi connectivity index (χ2v) is 6.91. The van der Waals surface area contributed by atoms with Crippen LogP contribution in [0.1, 0.15) is 10.4 Å². The van der Waals surface area contributed by atoms with Crippen molar-refractivity contribution in [3.8, 4) is 11.1 Å². The fourth-order valence-corrected chi connectivity index (χ4v) is 3.48. The molecule has 3 aromatic carbocycles. The predicted octanol–water partition coefficient (Wildman–Crippen LogP) is 3.60. The third-order valence-electron chi connectivity index (χ3n) is 4.99. The van der Waals surface area contributed by atoms with Crippen LogP contribution in [0.25, 0.3) is 11.1 Å². The van der Waals surface area contributed by atoms with Crippen LogP contribution in [0.15, 0.2) is 72.8 Å². The molecule has 1 fully saturated rings. The summed E-state index contributed by atoms with van der Waals surface area (Å²) in [7, 11) is 0. The van der Waals surface area contributed by atoms with E-state index in [1.807, 2.05) is 66.7 Å². The monoisotopic (exact) mass is 372 g/mol. The summed E-state index contributed by atoms with van der Waals surface area (Å²) in [5.74, 6) is -0.144. The number of hydrogen-bond donors (Lipinski definition) is 3. The van der Waals surface area contributed by atoms with Crippen LogP contribution in [0.3, 0.4) is 0 Å². The SMILES string of the molecule is Nc1ccc(-c2ccccc2)c(NC(=O)c2ccc(N3CCNCC3)cc2)c1. The third kappa shape index (κ3) is 4.00. The van der Waals surface area contributed by atoms with Crippen molar-refractivity contribution in [1.29, 1.82) is 0 Å². The molecule has 1 amide bonds. The number of hydrogen-bond acceptors (Lipinski definition) is 4. The van der Waals surface area contributed by atoms with E-state index in [1.54, 1.807) is 6.07 Å². The molecule has 28 heavy (non-hydrogen) atoms. The molecule has 3 aromatic rings. The molecule has 0 radical (unpaired) electrons. The van der Waals surface area contributed by atoms with E-state index in [2.05, 4.69) is 15.5 Å². The first-order chi connectivity index (χ1) is 13.7. The predicted molar refractivity (Wildman–Crippen MR) is 116 cm³/mol. The summed E-state index contributed by atoms with van der Waals surface area (Å²) in [6.45, 7) is 3.93. The van der Waals surface area contributed by atoms with Gasteiger partial charge in [-0.1, -0.05) is 36.4 Å². The highest BCUT2D eigenvalue weighted by Crippen LogP contribution is 2.30. The lowest BCUT2D eigenvalue weighted by Crippen LogP contribution is -2.43. The maximum Gasteiger partial charge on any atom is 0.255 e. The van der Waals surface area contributed by atoms with Gasteiger partial charge >= 0.3 is 0 Å². The number of carbonyl (C=O) groups is 1. The summed E-state index contributed by atoms with van der Waals surface area (Å²) < 4.78 is 0. The number of benzene rings is 3. The smallest absolute Gasteiger partial charge is 0.255 e. The molecular weight excluding hydrogens is 348 g/mol. The maximum atomic E-state index is 12.8. The molecule has 1 aliphatic heterocycles. The third-order valence-corrected chi connectivity index (χ3v) is 4.99. The van der Waals surface area contributed by atoms with Gasteiger partial charge in [0.2, 0.25) is 0 Å². The van der Waals surface area contributed by atoms with Crippen LogP contribution in [0, 0.1) is 0 Å². The zero-order valence-electron chi connectivity index (χ0n) is 15.7. The normalized spacial score (nSPS) is 13.9. The Labute approximate surface area is 165 Å². The average Bonchev–Trinajstić information content (AvgIpc) is 2.75. The topological polar surface area (TPSA) is 70.4 Å². The van der Waals surface area contributed by atoms with Gasteiger partial charge in [-0.15, -0.1) is 0 Å².